The molecule has 1 aliphatic rings. The number of carbonyl (C=O) groups excluding carboxylic acids is 2. The zero-order valence-corrected chi connectivity index (χ0v) is 14.2. The van der Waals surface area contributed by atoms with Gasteiger partial charge in [-0.05, 0) is 49.2 Å². The molecule has 24 heavy (non-hydrogen) atoms. The normalized spacial score (nSPS) is 13.3. The van der Waals surface area contributed by atoms with E-state index in [4.69, 9.17) is 16.3 Å². The predicted octanol–water partition coefficient (Wildman–Crippen LogP) is 3.32. The van der Waals surface area contributed by atoms with Gasteiger partial charge < -0.3 is 10.1 Å². The van der Waals surface area contributed by atoms with Crippen molar-refractivity contribution in [3.63, 3.8) is 0 Å². The van der Waals surface area contributed by atoms with Crippen molar-refractivity contribution in [3.05, 3.63) is 52.5 Å². The molecule has 3 rings (SSSR count). The highest BCUT2D eigenvalue weighted by Crippen LogP contribution is 2.32. The second-order valence-electron chi connectivity index (χ2n) is 5.77. The summed E-state index contributed by atoms with van der Waals surface area (Å²) in [5.41, 5.74) is 3.16. The number of aryl methyl sites for hydroxylation is 2. The SMILES string of the molecule is Cc1ccc(NC(=O)CN2C(=O)COc3cc(C)ccc32)c(Cl)c1. The van der Waals surface area contributed by atoms with Crippen LogP contribution in [0.25, 0.3) is 0 Å². The Morgan fingerprint density at radius 3 is 2.67 bits per heavy atom. The highest BCUT2D eigenvalue weighted by molar-refractivity contribution is 6.33. The van der Waals surface area contributed by atoms with Crippen LogP contribution in [0.1, 0.15) is 11.1 Å². The highest BCUT2D eigenvalue weighted by Gasteiger charge is 2.27. The summed E-state index contributed by atoms with van der Waals surface area (Å²) < 4.78 is 5.43. The molecule has 1 heterocycles. The molecule has 1 aliphatic heterocycles. The van der Waals surface area contributed by atoms with Crippen LogP contribution in [-0.4, -0.2) is 25.0 Å². The average Bonchev–Trinajstić information content (AvgIpc) is 2.53. The predicted molar refractivity (Wildman–Crippen MR) is 93.8 cm³/mol. The van der Waals surface area contributed by atoms with Crippen molar-refractivity contribution in [2.75, 3.05) is 23.4 Å². The maximum atomic E-state index is 12.3. The molecule has 2 aromatic carbocycles. The van der Waals surface area contributed by atoms with E-state index < -0.39 is 0 Å². The van der Waals surface area contributed by atoms with E-state index in [0.717, 1.165) is 11.1 Å². The third-order valence-corrected chi connectivity index (χ3v) is 4.07. The van der Waals surface area contributed by atoms with Crippen molar-refractivity contribution in [2.45, 2.75) is 13.8 Å². The van der Waals surface area contributed by atoms with E-state index in [9.17, 15) is 9.59 Å². The Kier molecular flexibility index (Phi) is 4.44. The lowest BCUT2D eigenvalue weighted by molar-refractivity contribution is -0.123. The summed E-state index contributed by atoms with van der Waals surface area (Å²) in [4.78, 5) is 25.9. The zero-order chi connectivity index (χ0) is 17.3. The van der Waals surface area contributed by atoms with Crippen LogP contribution >= 0.6 is 11.6 Å². The van der Waals surface area contributed by atoms with Gasteiger partial charge >= 0.3 is 0 Å². The van der Waals surface area contributed by atoms with Crippen LogP contribution in [0.15, 0.2) is 36.4 Å². The maximum Gasteiger partial charge on any atom is 0.265 e. The molecule has 0 unspecified atom stereocenters. The summed E-state index contributed by atoms with van der Waals surface area (Å²) in [6.45, 7) is 3.69. The Balaban J connectivity index is 1.78. The fourth-order valence-electron chi connectivity index (χ4n) is 2.54. The fourth-order valence-corrected chi connectivity index (χ4v) is 2.82. The van der Waals surface area contributed by atoms with E-state index >= 15 is 0 Å². The van der Waals surface area contributed by atoms with Gasteiger partial charge in [0.05, 0.1) is 16.4 Å². The lowest BCUT2D eigenvalue weighted by Crippen LogP contribution is -2.43. The first-order chi connectivity index (χ1) is 11.4. The van der Waals surface area contributed by atoms with Gasteiger partial charge in [0.1, 0.15) is 12.3 Å². The minimum Gasteiger partial charge on any atom is -0.482 e. The molecule has 0 aromatic heterocycles. The molecule has 2 aromatic rings. The smallest absolute Gasteiger partial charge is 0.265 e. The molecule has 0 radical (unpaired) electrons. The summed E-state index contributed by atoms with van der Waals surface area (Å²) in [5.74, 6) is 0.0369. The first-order valence-electron chi connectivity index (χ1n) is 7.54. The van der Waals surface area contributed by atoms with Gasteiger partial charge in [-0.15, -0.1) is 0 Å². The standard InChI is InChI=1S/C18H17ClN2O3/c1-11-3-5-14(13(19)7-11)20-17(22)9-21-15-6-4-12(2)8-16(15)24-10-18(21)23/h3-8H,9-10H2,1-2H3,(H,20,22). The highest BCUT2D eigenvalue weighted by atomic mass is 35.5. The molecule has 0 bridgehead atoms. The molecule has 124 valence electrons. The quantitative estimate of drug-likeness (QED) is 0.929. The van der Waals surface area contributed by atoms with Gasteiger partial charge in [0, 0.05) is 0 Å². The summed E-state index contributed by atoms with van der Waals surface area (Å²) in [6, 6.07) is 10.9. The lowest BCUT2D eigenvalue weighted by Gasteiger charge is -2.29. The molecule has 0 aliphatic carbocycles. The number of rotatable bonds is 3. The van der Waals surface area contributed by atoms with Crippen LogP contribution in [-0.2, 0) is 9.59 Å². The number of fused-ring (bicyclic) bond motifs is 1. The van der Waals surface area contributed by atoms with E-state index in [-0.39, 0.29) is 25.0 Å². The van der Waals surface area contributed by atoms with E-state index in [1.54, 1.807) is 18.2 Å². The molecule has 1 N–H and O–H groups in total. The number of benzene rings is 2. The maximum absolute atomic E-state index is 12.3. The van der Waals surface area contributed by atoms with Crippen molar-refractivity contribution in [1.82, 2.24) is 0 Å². The van der Waals surface area contributed by atoms with E-state index in [1.807, 2.05) is 32.0 Å². The molecule has 5 nitrogen and oxygen atoms in total. The molecule has 0 fully saturated rings. The van der Waals surface area contributed by atoms with Crippen molar-refractivity contribution in [3.8, 4) is 5.75 Å². The molecule has 0 atom stereocenters. The minimum atomic E-state index is -0.317. The molecular formula is C18H17ClN2O3. The van der Waals surface area contributed by atoms with Gasteiger partial charge in [0.2, 0.25) is 5.91 Å². The van der Waals surface area contributed by atoms with Crippen molar-refractivity contribution in [1.29, 1.82) is 0 Å². The van der Waals surface area contributed by atoms with Crippen LogP contribution in [0.5, 0.6) is 5.75 Å². The van der Waals surface area contributed by atoms with Gasteiger partial charge in [0.25, 0.3) is 5.91 Å². The van der Waals surface area contributed by atoms with E-state index in [0.29, 0.717) is 22.1 Å². The van der Waals surface area contributed by atoms with Gasteiger partial charge in [0.15, 0.2) is 6.61 Å². The molecule has 6 heteroatoms. The summed E-state index contributed by atoms with van der Waals surface area (Å²) >= 11 is 6.13. The van der Waals surface area contributed by atoms with E-state index in [2.05, 4.69) is 5.32 Å². The monoisotopic (exact) mass is 344 g/mol. The van der Waals surface area contributed by atoms with Gasteiger partial charge in [-0.3, -0.25) is 14.5 Å². The summed E-state index contributed by atoms with van der Waals surface area (Å²) in [5, 5.41) is 3.21. The molecule has 0 saturated carbocycles. The van der Waals surface area contributed by atoms with Crippen LogP contribution in [0.2, 0.25) is 5.02 Å². The minimum absolute atomic E-state index is 0.0744. The number of nitrogens with one attached hydrogen (secondary N) is 1. The first kappa shape index (κ1) is 16.3. The fraction of sp³-hybridized carbons (Fsp3) is 0.222. The van der Waals surface area contributed by atoms with Gasteiger partial charge in [-0.25, -0.2) is 0 Å². The third kappa shape index (κ3) is 3.36. The van der Waals surface area contributed by atoms with Gasteiger partial charge in [-0.1, -0.05) is 23.7 Å². The number of ether oxygens (including phenoxy) is 1. The molecule has 0 saturated heterocycles. The van der Waals surface area contributed by atoms with Crippen LogP contribution in [0, 0.1) is 13.8 Å². The number of amides is 2. The van der Waals surface area contributed by atoms with Crippen molar-refractivity contribution < 1.29 is 14.3 Å². The number of nitrogens with zero attached hydrogens (tertiary/aromatic N) is 1. The number of halogens is 1. The average molecular weight is 345 g/mol. The van der Waals surface area contributed by atoms with Crippen LogP contribution in [0.3, 0.4) is 0 Å². The van der Waals surface area contributed by atoms with Crippen LogP contribution < -0.4 is 15.0 Å². The zero-order valence-electron chi connectivity index (χ0n) is 13.4. The second-order valence-corrected chi connectivity index (χ2v) is 6.18. The largest absolute Gasteiger partial charge is 0.482 e. The molecular weight excluding hydrogens is 328 g/mol. The number of hydrogen-bond donors (Lipinski definition) is 1. The van der Waals surface area contributed by atoms with Crippen LogP contribution in [0.4, 0.5) is 11.4 Å². The van der Waals surface area contributed by atoms with Gasteiger partial charge in [-0.2, -0.15) is 0 Å². The Hall–Kier alpha value is -2.53. The topological polar surface area (TPSA) is 58.6 Å². The lowest BCUT2D eigenvalue weighted by atomic mass is 10.1. The number of anilines is 2. The number of carbonyl (C=O) groups is 2. The van der Waals surface area contributed by atoms with Crippen molar-refractivity contribution in [2.24, 2.45) is 0 Å². The Labute approximate surface area is 145 Å². The summed E-state index contributed by atoms with van der Waals surface area (Å²) in [7, 11) is 0. The number of hydrogen-bond acceptors (Lipinski definition) is 3. The van der Waals surface area contributed by atoms with E-state index in [1.165, 1.54) is 4.90 Å². The molecule has 2 amide bonds. The Bertz CT molecular complexity index is 820. The Morgan fingerprint density at radius 2 is 1.92 bits per heavy atom. The Morgan fingerprint density at radius 1 is 1.21 bits per heavy atom. The second kappa shape index (κ2) is 6.53. The third-order valence-electron chi connectivity index (χ3n) is 3.76. The summed E-state index contributed by atoms with van der Waals surface area (Å²) in [6.07, 6.45) is 0. The molecule has 0 spiro atoms. The van der Waals surface area contributed by atoms with Crippen molar-refractivity contribution >= 4 is 34.8 Å². The first-order valence-corrected chi connectivity index (χ1v) is 7.91.